The van der Waals surface area contributed by atoms with E-state index in [0.29, 0.717) is 18.0 Å². The number of fused-ring (bicyclic) bond motifs is 1. The molecule has 0 fully saturated rings. The third kappa shape index (κ3) is 3.37. The van der Waals surface area contributed by atoms with E-state index in [4.69, 9.17) is 0 Å². The summed E-state index contributed by atoms with van der Waals surface area (Å²) in [6, 6.07) is 16.2. The zero-order chi connectivity index (χ0) is 15.7. The fourth-order valence-electron chi connectivity index (χ4n) is 3.18. The van der Waals surface area contributed by atoms with Crippen molar-refractivity contribution < 1.29 is 0 Å². The van der Waals surface area contributed by atoms with Crippen molar-refractivity contribution in [3.05, 3.63) is 55.2 Å². The van der Waals surface area contributed by atoms with Gasteiger partial charge in [-0.3, -0.25) is 0 Å². The summed E-state index contributed by atoms with van der Waals surface area (Å²) >= 11 is 4.74. The van der Waals surface area contributed by atoms with Crippen molar-refractivity contribution in [2.75, 3.05) is 10.6 Å². The van der Waals surface area contributed by atoms with E-state index in [1.54, 1.807) is 0 Å². The van der Waals surface area contributed by atoms with Crippen molar-refractivity contribution in [1.29, 1.82) is 0 Å². The van der Waals surface area contributed by atoms with Crippen LogP contribution in [0.4, 0.5) is 11.4 Å². The van der Waals surface area contributed by atoms with Crippen molar-refractivity contribution in [3.63, 3.8) is 0 Å². The van der Waals surface area contributed by atoms with Gasteiger partial charge in [-0.15, -0.1) is 0 Å². The van der Waals surface area contributed by atoms with Gasteiger partial charge in [0.05, 0.1) is 6.04 Å². The normalized spacial score (nSPS) is 23.5. The zero-order valence-electron chi connectivity index (χ0n) is 12.7. The summed E-state index contributed by atoms with van der Waals surface area (Å²) in [6.07, 6.45) is 1.14. The van der Waals surface area contributed by atoms with Gasteiger partial charge in [-0.1, -0.05) is 13.8 Å². The maximum atomic E-state index is 3.76. The van der Waals surface area contributed by atoms with E-state index in [-0.39, 0.29) is 0 Å². The summed E-state index contributed by atoms with van der Waals surface area (Å²) < 4.78 is 2.55. The Balaban J connectivity index is 1.96. The summed E-state index contributed by atoms with van der Waals surface area (Å²) in [7, 11) is 0. The third-order valence-corrected chi connectivity index (χ3v) is 5.85. The Morgan fingerprint density at radius 1 is 1.05 bits per heavy atom. The zero-order valence-corrected chi connectivity index (χ0v) is 17.1. The molecule has 2 aromatic rings. The van der Waals surface area contributed by atoms with Gasteiger partial charge in [0.25, 0.3) is 0 Å². The molecule has 0 amide bonds. The second-order valence-corrected chi connectivity index (χ2v) is 8.37. The second-order valence-electron chi connectivity index (χ2n) is 5.88. The highest BCUT2D eigenvalue weighted by atomic mass is 127. The van der Waals surface area contributed by atoms with Crippen molar-refractivity contribution in [1.82, 2.24) is 0 Å². The van der Waals surface area contributed by atoms with Gasteiger partial charge in [-0.25, -0.2) is 0 Å². The van der Waals surface area contributed by atoms with Crippen LogP contribution in [0.15, 0.2) is 42.5 Å². The molecule has 1 heterocycles. The second kappa shape index (κ2) is 6.95. The van der Waals surface area contributed by atoms with E-state index in [0.717, 1.165) is 6.42 Å². The van der Waals surface area contributed by atoms with Gasteiger partial charge in [-0.05, 0) is 99.6 Å². The lowest BCUT2D eigenvalue weighted by Gasteiger charge is -2.39. The molecule has 1 aliphatic heterocycles. The van der Waals surface area contributed by atoms with Crippen LogP contribution in [0.5, 0.6) is 0 Å². The molecule has 2 aromatic carbocycles. The minimum atomic E-state index is 0.343. The molecular weight excluding hydrogens is 498 g/mol. The Morgan fingerprint density at radius 2 is 1.73 bits per heavy atom. The van der Waals surface area contributed by atoms with Gasteiger partial charge >= 0.3 is 0 Å². The van der Waals surface area contributed by atoms with E-state index >= 15 is 0 Å². The minimum Gasteiger partial charge on any atom is -0.382 e. The highest BCUT2D eigenvalue weighted by Crippen LogP contribution is 2.40. The van der Waals surface area contributed by atoms with Crippen LogP contribution in [0.1, 0.15) is 31.9 Å². The van der Waals surface area contributed by atoms with Gasteiger partial charge in [0.1, 0.15) is 0 Å². The van der Waals surface area contributed by atoms with Crippen LogP contribution in [0.2, 0.25) is 0 Å². The summed E-state index contributed by atoms with van der Waals surface area (Å²) in [6.45, 7) is 4.60. The Hall–Kier alpha value is -0.500. The average molecular weight is 518 g/mol. The molecule has 4 heteroatoms. The number of hydrogen-bond donors (Lipinski definition) is 2. The van der Waals surface area contributed by atoms with Gasteiger partial charge in [-0.2, -0.15) is 0 Å². The molecule has 2 nitrogen and oxygen atoms in total. The van der Waals surface area contributed by atoms with Crippen LogP contribution in [0.25, 0.3) is 0 Å². The maximum Gasteiger partial charge on any atom is 0.0579 e. The summed E-state index contributed by atoms with van der Waals surface area (Å²) in [5.74, 6) is 0.537. The van der Waals surface area contributed by atoms with Gasteiger partial charge < -0.3 is 10.6 Å². The monoisotopic (exact) mass is 518 g/mol. The Kier molecular flexibility index (Phi) is 5.17. The predicted molar refractivity (Wildman–Crippen MR) is 112 cm³/mol. The number of nitrogens with one attached hydrogen (secondary N) is 2. The fourth-order valence-corrected chi connectivity index (χ4v) is 4.05. The van der Waals surface area contributed by atoms with Crippen LogP contribution in [-0.4, -0.2) is 6.04 Å². The number of halogens is 2. The van der Waals surface area contributed by atoms with E-state index in [2.05, 4.69) is 112 Å². The van der Waals surface area contributed by atoms with Crippen molar-refractivity contribution in [2.24, 2.45) is 5.92 Å². The van der Waals surface area contributed by atoms with Crippen LogP contribution >= 0.6 is 45.2 Å². The molecule has 0 aliphatic carbocycles. The number of rotatable bonds is 3. The SMILES string of the molecule is CC[C@@H]1Nc2ccc(I)cc2[C@H](Nc2ccc(I)cc2)[C@@H]1C. The molecule has 0 saturated carbocycles. The molecule has 2 N–H and O–H groups in total. The quantitative estimate of drug-likeness (QED) is 0.496. The van der Waals surface area contributed by atoms with Gasteiger partial charge in [0.15, 0.2) is 0 Å². The topological polar surface area (TPSA) is 24.1 Å². The van der Waals surface area contributed by atoms with Crippen LogP contribution < -0.4 is 10.6 Å². The van der Waals surface area contributed by atoms with E-state index < -0.39 is 0 Å². The molecule has 0 aromatic heterocycles. The Labute approximate surface area is 159 Å². The standard InChI is InChI=1S/C18H20I2N2/c1-3-16-11(2)18(21-14-7-4-12(19)5-8-14)15-10-13(20)6-9-17(15)22-16/h4-11,16,18,21-22H,3H2,1-2H3/t11-,16+,18-/m1/s1. The first-order valence-electron chi connectivity index (χ1n) is 7.66. The largest absolute Gasteiger partial charge is 0.382 e. The summed E-state index contributed by atoms with van der Waals surface area (Å²) in [5.41, 5.74) is 3.84. The molecule has 116 valence electrons. The lowest BCUT2D eigenvalue weighted by Crippen LogP contribution is -2.38. The molecule has 0 radical (unpaired) electrons. The van der Waals surface area contributed by atoms with Gasteiger partial charge in [0, 0.05) is 30.5 Å². The van der Waals surface area contributed by atoms with E-state index in [1.807, 2.05) is 0 Å². The van der Waals surface area contributed by atoms with Crippen LogP contribution in [0.3, 0.4) is 0 Å². The highest BCUT2D eigenvalue weighted by molar-refractivity contribution is 14.1. The summed E-state index contributed by atoms with van der Waals surface area (Å²) in [4.78, 5) is 0. The smallest absolute Gasteiger partial charge is 0.0579 e. The predicted octanol–water partition coefficient (Wildman–Crippen LogP) is 5.89. The molecule has 22 heavy (non-hydrogen) atoms. The van der Waals surface area contributed by atoms with Crippen LogP contribution in [0, 0.1) is 13.1 Å². The molecule has 3 rings (SSSR count). The first-order valence-corrected chi connectivity index (χ1v) is 9.82. The number of anilines is 2. The molecule has 1 aliphatic rings. The molecule has 0 bridgehead atoms. The van der Waals surface area contributed by atoms with Crippen molar-refractivity contribution in [3.8, 4) is 0 Å². The number of benzene rings is 2. The van der Waals surface area contributed by atoms with Crippen molar-refractivity contribution in [2.45, 2.75) is 32.4 Å². The van der Waals surface area contributed by atoms with Gasteiger partial charge in [0.2, 0.25) is 0 Å². The van der Waals surface area contributed by atoms with E-state index in [9.17, 15) is 0 Å². The van der Waals surface area contributed by atoms with Crippen molar-refractivity contribution >= 4 is 56.6 Å². The van der Waals surface area contributed by atoms with Crippen LogP contribution in [-0.2, 0) is 0 Å². The lowest BCUT2D eigenvalue weighted by molar-refractivity contribution is 0.400. The lowest BCUT2D eigenvalue weighted by atomic mass is 9.82. The molecule has 0 unspecified atom stereocenters. The Bertz CT molecular complexity index is 655. The Morgan fingerprint density at radius 3 is 2.41 bits per heavy atom. The first kappa shape index (κ1) is 16.4. The average Bonchev–Trinajstić information content (AvgIpc) is 2.52. The molecule has 0 saturated heterocycles. The minimum absolute atomic E-state index is 0.343. The molecule has 3 atom stereocenters. The summed E-state index contributed by atoms with van der Waals surface area (Å²) in [5, 5.41) is 7.46. The van der Waals surface area contributed by atoms with E-state index in [1.165, 1.54) is 24.1 Å². The number of hydrogen-bond acceptors (Lipinski definition) is 2. The third-order valence-electron chi connectivity index (χ3n) is 4.46. The maximum absolute atomic E-state index is 3.76. The molecular formula is C18H20I2N2. The first-order chi connectivity index (χ1) is 10.6. The molecule has 0 spiro atoms. The highest BCUT2D eigenvalue weighted by Gasteiger charge is 2.32. The fraction of sp³-hybridized carbons (Fsp3) is 0.333.